The van der Waals surface area contributed by atoms with Gasteiger partial charge in [-0.2, -0.15) is 4.31 Å². The average Bonchev–Trinajstić information content (AvgIpc) is 3.15. The number of amides is 1. The molecule has 1 unspecified atom stereocenters. The first-order valence-corrected chi connectivity index (χ1v) is 12.4. The number of aryl methyl sites for hydroxylation is 1. The molecule has 6 nitrogen and oxygen atoms in total. The van der Waals surface area contributed by atoms with Crippen LogP contribution in [0.2, 0.25) is 0 Å². The Labute approximate surface area is 179 Å². The minimum atomic E-state index is -3.61. The van der Waals surface area contributed by atoms with Crippen LogP contribution in [-0.2, 0) is 21.9 Å². The van der Waals surface area contributed by atoms with Crippen molar-refractivity contribution in [2.24, 2.45) is 13.0 Å². The summed E-state index contributed by atoms with van der Waals surface area (Å²) in [6.45, 7) is 1.36. The minimum absolute atomic E-state index is 0.0233. The van der Waals surface area contributed by atoms with Crippen LogP contribution in [0, 0.1) is 5.92 Å². The van der Waals surface area contributed by atoms with Gasteiger partial charge in [0, 0.05) is 43.8 Å². The van der Waals surface area contributed by atoms with Crippen molar-refractivity contribution < 1.29 is 13.2 Å². The predicted molar refractivity (Wildman–Crippen MR) is 119 cm³/mol. The molecule has 162 valence electrons. The van der Waals surface area contributed by atoms with Gasteiger partial charge in [0.1, 0.15) is 0 Å². The van der Waals surface area contributed by atoms with Gasteiger partial charge in [-0.3, -0.25) is 4.79 Å². The summed E-state index contributed by atoms with van der Waals surface area (Å²) in [6, 6.07) is 7.16. The summed E-state index contributed by atoms with van der Waals surface area (Å²) in [5, 5.41) is 3.94. The zero-order chi connectivity index (χ0) is 21.1. The molecule has 1 amide bonds. The van der Waals surface area contributed by atoms with Crippen molar-refractivity contribution in [1.29, 1.82) is 0 Å². The highest BCUT2D eigenvalue weighted by Crippen LogP contribution is 2.27. The molecule has 1 aliphatic heterocycles. The third-order valence-electron chi connectivity index (χ3n) is 6.38. The fourth-order valence-electron chi connectivity index (χ4n) is 4.57. The lowest BCUT2D eigenvalue weighted by Crippen LogP contribution is -2.45. The Morgan fingerprint density at radius 2 is 2.07 bits per heavy atom. The summed E-state index contributed by atoms with van der Waals surface area (Å²) in [7, 11) is -1.67. The fraction of sp³-hybridized carbons (Fsp3) is 0.522. The highest BCUT2D eigenvalue weighted by molar-refractivity contribution is 7.89. The van der Waals surface area contributed by atoms with Crippen molar-refractivity contribution >= 4 is 26.8 Å². The number of carbonyl (C=O) groups is 1. The van der Waals surface area contributed by atoms with Gasteiger partial charge < -0.3 is 9.88 Å². The van der Waals surface area contributed by atoms with Crippen molar-refractivity contribution in [3.05, 3.63) is 42.1 Å². The molecule has 0 bridgehead atoms. The summed E-state index contributed by atoms with van der Waals surface area (Å²) < 4.78 is 29.9. The van der Waals surface area contributed by atoms with Gasteiger partial charge in [0.15, 0.2) is 0 Å². The van der Waals surface area contributed by atoms with Crippen molar-refractivity contribution in [3.8, 4) is 0 Å². The first-order valence-electron chi connectivity index (χ1n) is 11.0. The van der Waals surface area contributed by atoms with Crippen LogP contribution < -0.4 is 5.32 Å². The number of carbonyl (C=O) groups excluding carboxylic acids is 1. The maximum Gasteiger partial charge on any atom is 0.243 e. The number of aromatic nitrogens is 1. The highest BCUT2D eigenvalue weighted by atomic mass is 32.2. The number of benzene rings is 1. The number of sulfonamides is 1. The molecular formula is C23H31N3O3S. The van der Waals surface area contributed by atoms with Gasteiger partial charge >= 0.3 is 0 Å². The number of rotatable bonds is 6. The Morgan fingerprint density at radius 1 is 1.20 bits per heavy atom. The second-order valence-corrected chi connectivity index (χ2v) is 10.4. The number of fused-ring (bicyclic) bond motifs is 1. The van der Waals surface area contributed by atoms with E-state index in [1.165, 1.54) is 22.7 Å². The number of piperidine rings is 1. The average molecular weight is 430 g/mol. The Kier molecular flexibility index (Phi) is 6.29. The van der Waals surface area contributed by atoms with Crippen LogP contribution in [0.3, 0.4) is 0 Å². The standard InChI is InChI=1S/C23H31N3O3S/c1-25-15-12-19-16-21(9-10-22(19)25)30(28,29)26-14-5-8-20(17-26)23(27)24-13-11-18-6-3-2-4-7-18/h6,9-10,12,15-16,20H,2-5,7-8,11,13-14,17H2,1H3,(H,24,27). The van der Waals surface area contributed by atoms with E-state index in [0.29, 0.717) is 24.4 Å². The normalized spacial score (nSPS) is 20.8. The second-order valence-electron chi connectivity index (χ2n) is 8.50. The van der Waals surface area contributed by atoms with Crippen molar-refractivity contribution in [3.63, 3.8) is 0 Å². The van der Waals surface area contributed by atoms with Gasteiger partial charge in [0.05, 0.1) is 10.8 Å². The molecule has 2 aromatic rings. The smallest absolute Gasteiger partial charge is 0.243 e. The summed E-state index contributed by atoms with van der Waals surface area (Å²) >= 11 is 0. The largest absolute Gasteiger partial charge is 0.356 e. The third-order valence-corrected chi connectivity index (χ3v) is 8.24. The van der Waals surface area contributed by atoms with Gasteiger partial charge in [0.2, 0.25) is 15.9 Å². The lowest BCUT2D eigenvalue weighted by Gasteiger charge is -2.31. The Hall–Kier alpha value is -2.12. The van der Waals surface area contributed by atoms with Gasteiger partial charge in [-0.05, 0) is 69.2 Å². The van der Waals surface area contributed by atoms with Gasteiger partial charge in [-0.1, -0.05) is 11.6 Å². The Bertz CT molecular complexity index is 1050. The molecule has 1 atom stereocenters. The van der Waals surface area contributed by atoms with E-state index in [9.17, 15) is 13.2 Å². The van der Waals surface area contributed by atoms with Crippen molar-refractivity contribution in [2.45, 2.75) is 49.8 Å². The quantitative estimate of drug-likeness (QED) is 0.714. The summed E-state index contributed by atoms with van der Waals surface area (Å²) in [6.07, 6.45) is 11.3. The van der Waals surface area contributed by atoms with Crippen LogP contribution in [-0.4, -0.2) is 42.8 Å². The van der Waals surface area contributed by atoms with Crippen LogP contribution in [0.25, 0.3) is 10.9 Å². The van der Waals surface area contributed by atoms with Crippen LogP contribution >= 0.6 is 0 Å². The van der Waals surface area contributed by atoms with E-state index in [1.54, 1.807) is 12.1 Å². The molecule has 2 heterocycles. The van der Waals surface area contributed by atoms with E-state index in [4.69, 9.17) is 0 Å². The molecule has 0 radical (unpaired) electrons. The number of hydrogen-bond acceptors (Lipinski definition) is 3. The molecule has 1 aromatic carbocycles. The number of allylic oxidation sites excluding steroid dienone is 1. The van der Waals surface area contributed by atoms with Crippen LogP contribution in [0.5, 0.6) is 0 Å². The first kappa shape index (κ1) is 21.1. The summed E-state index contributed by atoms with van der Waals surface area (Å²) in [4.78, 5) is 13.0. The molecule has 7 heteroatoms. The van der Waals surface area contributed by atoms with E-state index < -0.39 is 10.0 Å². The van der Waals surface area contributed by atoms with E-state index in [0.717, 1.165) is 36.6 Å². The third kappa shape index (κ3) is 4.47. The molecule has 30 heavy (non-hydrogen) atoms. The topological polar surface area (TPSA) is 71.4 Å². The lowest BCUT2D eigenvalue weighted by atomic mass is 9.96. The predicted octanol–water partition coefficient (Wildman–Crippen LogP) is 3.59. The SMILES string of the molecule is Cn1ccc2cc(S(=O)(=O)N3CCCC(C(=O)NCCC4=CCCCC4)C3)ccc21. The molecule has 0 saturated carbocycles. The molecule has 0 spiro atoms. The van der Waals surface area contributed by atoms with Crippen molar-refractivity contribution in [1.82, 2.24) is 14.2 Å². The van der Waals surface area contributed by atoms with E-state index in [2.05, 4.69) is 11.4 Å². The van der Waals surface area contributed by atoms with Crippen LogP contribution in [0.1, 0.15) is 44.9 Å². The number of nitrogens with zero attached hydrogens (tertiary/aromatic N) is 2. The molecule has 1 aromatic heterocycles. The molecule has 1 fully saturated rings. The van der Waals surface area contributed by atoms with Gasteiger partial charge in [0.25, 0.3) is 0 Å². The maximum absolute atomic E-state index is 13.2. The summed E-state index contributed by atoms with van der Waals surface area (Å²) in [5.74, 6) is -0.306. The molecule has 4 rings (SSSR count). The molecule has 1 saturated heterocycles. The molecule has 1 aliphatic carbocycles. The minimum Gasteiger partial charge on any atom is -0.356 e. The summed E-state index contributed by atoms with van der Waals surface area (Å²) in [5.41, 5.74) is 2.43. The monoisotopic (exact) mass is 429 g/mol. The number of nitrogens with one attached hydrogen (secondary N) is 1. The fourth-order valence-corrected chi connectivity index (χ4v) is 6.13. The lowest BCUT2D eigenvalue weighted by molar-refractivity contribution is -0.126. The van der Waals surface area contributed by atoms with Gasteiger partial charge in [-0.25, -0.2) is 8.42 Å². The maximum atomic E-state index is 13.2. The Balaban J connectivity index is 1.39. The molecular weight excluding hydrogens is 398 g/mol. The van der Waals surface area contributed by atoms with Crippen LogP contribution in [0.4, 0.5) is 0 Å². The highest BCUT2D eigenvalue weighted by Gasteiger charge is 2.33. The molecule has 1 N–H and O–H groups in total. The van der Waals surface area contributed by atoms with Crippen molar-refractivity contribution in [2.75, 3.05) is 19.6 Å². The first-order chi connectivity index (χ1) is 14.4. The van der Waals surface area contributed by atoms with E-state index in [-0.39, 0.29) is 18.4 Å². The molecule has 2 aliphatic rings. The zero-order valence-electron chi connectivity index (χ0n) is 17.6. The Morgan fingerprint density at radius 3 is 2.87 bits per heavy atom. The van der Waals surface area contributed by atoms with E-state index >= 15 is 0 Å². The second kappa shape index (κ2) is 8.94. The van der Waals surface area contributed by atoms with Crippen LogP contribution in [0.15, 0.2) is 47.0 Å². The van der Waals surface area contributed by atoms with Gasteiger partial charge in [-0.15, -0.1) is 0 Å². The zero-order valence-corrected chi connectivity index (χ0v) is 18.5. The number of hydrogen-bond donors (Lipinski definition) is 1. The van der Waals surface area contributed by atoms with E-state index in [1.807, 2.05) is 29.9 Å².